The summed E-state index contributed by atoms with van der Waals surface area (Å²) in [7, 11) is 0. The number of anilines is 1. The number of carbonyl (C=O) groups is 2. The summed E-state index contributed by atoms with van der Waals surface area (Å²) in [6, 6.07) is 1.45. The fourth-order valence-corrected chi connectivity index (χ4v) is 2.95. The largest absolute Gasteiger partial charge is 0.573 e. The number of urea groups is 1. The third kappa shape index (κ3) is 6.43. The van der Waals surface area contributed by atoms with Crippen LogP contribution < -0.4 is 15.4 Å². The van der Waals surface area contributed by atoms with E-state index in [9.17, 15) is 22.8 Å². The topological polar surface area (TPSA) is 83.6 Å². The molecule has 1 aromatic rings. The summed E-state index contributed by atoms with van der Waals surface area (Å²) in [6.45, 7) is 4.97. The minimum Gasteiger partial charge on any atom is -0.402 e. The highest BCUT2D eigenvalue weighted by Crippen LogP contribution is 2.29. The molecule has 11 heteroatoms. The second kappa shape index (κ2) is 9.31. The number of alkyl halides is 3. The lowest BCUT2D eigenvalue weighted by atomic mass is 10.0. The van der Waals surface area contributed by atoms with Crippen LogP contribution in [0.5, 0.6) is 5.75 Å². The number of carbonyl (C=O) groups excluding carboxylic acids is 2. The Hall–Kier alpha value is -2.23. The highest BCUT2D eigenvalue weighted by Gasteiger charge is 2.32. The summed E-state index contributed by atoms with van der Waals surface area (Å²) in [5.74, 6) is -0.571. The van der Waals surface area contributed by atoms with E-state index in [1.54, 1.807) is 4.90 Å². The van der Waals surface area contributed by atoms with Crippen molar-refractivity contribution in [1.82, 2.24) is 15.2 Å². The normalized spacial score (nSPS) is 16.4. The first-order valence-electron chi connectivity index (χ1n) is 8.87. The van der Waals surface area contributed by atoms with Crippen molar-refractivity contribution in [2.24, 2.45) is 5.92 Å². The lowest BCUT2D eigenvalue weighted by molar-refractivity contribution is -0.274. The molecule has 2 heterocycles. The molecule has 156 valence electrons. The van der Waals surface area contributed by atoms with Gasteiger partial charge in [0.15, 0.2) is 10.9 Å². The quantitative estimate of drug-likeness (QED) is 0.707. The molecule has 0 radical (unpaired) electrons. The Morgan fingerprint density at radius 1 is 1.36 bits per heavy atom. The summed E-state index contributed by atoms with van der Waals surface area (Å²) >= 11 is 5.65. The molecule has 2 rings (SSSR count). The molecule has 2 N–H and O–H groups in total. The average Bonchev–Trinajstić information content (AvgIpc) is 2.62. The molecule has 1 aliphatic rings. The van der Waals surface area contributed by atoms with Crippen LogP contribution in [0, 0.1) is 5.92 Å². The van der Waals surface area contributed by atoms with Crippen molar-refractivity contribution in [3.63, 3.8) is 0 Å². The summed E-state index contributed by atoms with van der Waals surface area (Å²) in [5.41, 5.74) is 0. The standard InChI is InChI=1S/C17H22ClF3N4O3/c1-3-10(2)15(26)25-8-6-11(7-9-25)22-16(27)24-13-5-4-12(14(18)23-13)28-17(19,20)21/h4-5,10-11H,3,6-9H2,1-2H3,(H2,22,23,24,27)/t10-/m0/s1. The van der Waals surface area contributed by atoms with Crippen molar-refractivity contribution in [3.8, 4) is 5.75 Å². The van der Waals surface area contributed by atoms with E-state index in [-0.39, 0.29) is 23.7 Å². The van der Waals surface area contributed by atoms with Gasteiger partial charge in [-0.25, -0.2) is 9.78 Å². The van der Waals surface area contributed by atoms with Crippen LogP contribution in [0.4, 0.5) is 23.8 Å². The van der Waals surface area contributed by atoms with Gasteiger partial charge in [-0.2, -0.15) is 0 Å². The molecule has 0 unspecified atom stereocenters. The van der Waals surface area contributed by atoms with E-state index >= 15 is 0 Å². The number of aromatic nitrogens is 1. The predicted molar refractivity (Wildman–Crippen MR) is 97.1 cm³/mol. The molecular formula is C17H22ClF3N4O3. The Balaban J connectivity index is 1.83. The fourth-order valence-electron chi connectivity index (χ4n) is 2.76. The van der Waals surface area contributed by atoms with E-state index in [1.807, 2.05) is 13.8 Å². The smallest absolute Gasteiger partial charge is 0.402 e. The number of halogens is 4. The molecule has 1 aliphatic heterocycles. The number of amides is 3. The zero-order chi connectivity index (χ0) is 20.9. The zero-order valence-electron chi connectivity index (χ0n) is 15.5. The number of pyridine rings is 1. The molecule has 0 saturated carbocycles. The third-order valence-electron chi connectivity index (χ3n) is 4.46. The zero-order valence-corrected chi connectivity index (χ0v) is 16.2. The number of hydrogen-bond acceptors (Lipinski definition) is 4. The minimum absolute atomic E-state index is 0.0126. The van der Waals surface area contributed by atoms with E-state index in [1.165, 1.54) is 0 Å². The van der Waals surface area contributed by atoms with Crippen LogP contribution in [0.2, 0.25) is 5.15 Å². The van der Waals surface area contributed by atoms with Gasteiger partial charge in [-0.3, -0.25) is 10.1 Å². The van der Waals surface area contributed by atoms with Gasteiger partial charge >= 0.3 is 12.4 Å². The van der Waals surface area contributed by atoms with Crippen molar-refractivity contribution in [3.05, 3.63) is 17.3 Å². The van der Waals surface area contributed by atoms with Crippen LogP contribution in [0.3, 0.4) is 0 Å². The molecule has 1 fully saturated rings. The van der Waals surface area contributed by atoms with Crippen molar-refractivity contribution in [2.45, 2.75) is 45.5 Å². The third-order valence-corrected chi connectivity index (χ3v) is 4.73. The SMILES string of the molecule is CC[C@H](C)C(=O)N1CCC(NC(=O)Nc2ccc(OC(F)(F)F)c(Cl)n2)CC1. The molecule has 28 heavy (non-hydrogen) atoms. The number of rotatable bonds is 5. The van der Waals surface area contributed by atoms with Crippen LogP contribution in [-0.2, 0) is 4.79 Å². The Labute approximate surface area is 165 Å². The first kappa shape index (κ1) is 22.1. The van der Waals surface area contributed by atoms with Gasteiger partial charge in [-0.05, 0) is 31.4 Å². The van der Waals surface area contributed by atoms with Crippen LogP contribution in [0.15, 0.2) is 12.1 Å². The molecule has 0 aliphatic carbocycles. The van der Waals surface area contributed by atoms with Crippen LogP contribution in [-0.4, -0.2) is 47.3 Å². The Bertz CT molecular complexity index is 709. The number of likely N-dealkylation sites (tertiary alicyclic amines) is 1. The monoisotopic (exact) mass is 422 g/mol. The Kier molecular flexibility index (Phi) is 7.34. The Morgan fingerprint density at radius 3 is 2.54 bits per heavy atom. The second-order valence-electron chi connectivity index (χ2n) is 6.54. The van der Waals surface area contributed by atoms with E-state index in [2.05, 4.69) is 20.4 Å². The van der Waals surface area contributed by atoms with Crippen LogP contribution in [0.1, 0.15) is 33.1 Å². The average molecular weight is 423 g/mol. The van der Waals surface area contributed by atoms with Gasteiger partial charge < -0.3 is 15.0 Å². The van der Waals surface area contributed by atoms with E-state index in [0.29, 0.717) is 25.9 Å². The van der Waals surface area contributed by atoms with Gasteiger partial charge in [-0.1, -0.05) is 25.4 Å². The van der Waals surface area contributed by atoms with Gasteiger partial charge in [0.2, 0.25) is 5.91 Å². The number of piperidine rings is 1. The van der Waals surface area contributed by atoms with Gasteiger partial charge in [0.05, 0.1) is 0 Å². The molecule has 0 aromatic carbocycles. The molecule has 1 saturated heterocycles. The predicted octanol–water partition coefficient (Wildman–Crippen LogP) is 3.79. The van der Waals surface area contributed by atoms with Crippen molar-refractivity contribution >= 4 is 29.4 Å². The second-order valence-corrected chi connectivity index (χ2v) is 6.90. The molecular weight excluding hydrogens is 401 g/mol. The summed E-state index contributed by atoms with van der Waals surface area (Å²) < 4.78 is 40.4. The lowest BCUT2D eigenvalue weighted by Crippen LogP contribution is -2.48. The minimum atomic E-state index is -4.89. The summed E-state index contributed by atoms with van der Waals surface area (Å²) in [4.78, 5) is 29.7. The maximum atomic E-state index is 12.2. The summed E-state index contributed by atoms with van der Waals surface area (Å²) in [6.07, 6.45) is -2.88. The number of hydrogen-bond donors (Lipinski definition) is 2. The molecule has 1 aromatic heterocycles. The van der Waals surface area contributed by atoms with E-state index in [4.69, 9.17) is 11.6 Å². The van der Waals surface area contributed by atoms with Gasteiger partial charge in [-0.15, -0.1) is 13.2 Å². The maximum Gasteiger partial charge on any atom is 0.573 e. The van der Waals surface area contributed by atoms with E-state index < -0.39 is 23.3 Å². The van der Waals surface area contributed by atoms with Crippen molar-refractivity contribution in [2.75, 3.05) is 18.4 Å². The molecule has 0 spiro atoms. The molecule has 7 nitrogen and oxygen atoms in total. The number of nitrogens with one attached hydrogen (secondary N) is 2. The Morgan fingerprint density at radius 2 is 2.00 bits per heavy atom. The highest BCUT2D eigenvalue weighted by molar-refractivity contribution is 6.31. The van der Waals surface area contributed by atoms with Crippen molar-refractivity contribution < 1.29 is 27.5 Å². The number of ether oxygens (including phenoxy) is 1. The van der Waals surface area contributed by atoms with Gasteiger partial charge in [0, 0.05) is 25.0 Å². The molecule has 3 amide bonds. The van der Waals surface area contributed by atoms with Crippen LogP contribution >= 0.6 is 11.6 Å². The van der Waals surface area contributed by atoms with Crippen molar-refractivity contribution in [1.29, 1.82) is 0 Å². The van der Waals surface area contributed by atoms with Gasteiger partial charge in [0.1, 0.15) is 5.82 Å². The first-order valence-corrected chi connectivity index (χ1v) is 9.25. The van der Waals surface area contributed by atoms with Crippen LogP contribution in [0.25, 0.3) is 0 Å². The first-order chi connectivity index (χ1) is 13.1. The van der Waals surface area contributed by atoms with E-state index in [0.717, 1.165) is 18.6 Å². The molecule has 1 atom stereocenters. The van der Waals surface area contributed by atoms with Gasteiger partial charge in [0.25, 0.3) is 0 Å². The summed E-state index contributed by atoms with van der Waals surface area (Å²) in [5, 5.41) is 4.66. The maximum absolute atomic E-state index is 12.2. The highest BCUT2D eigenvalue weighted by atomic mass is 35.5. The number of nitrogens with zero attached hydrogens (tertiary/aromatic N) is 2. The lowest BCUT2D eigenvalue weighted by Gasteiger charge is -2.33. The fraction of sp³-hybridized carbons (Fsp3) is 0.588. The molecule has 0 bridgehead atoms.